The van der Waals surface area contributed by atoms with Crippen molar-refractivity contribution in [2.75, 3.05) is 39.6 Å². The van der Waals surface area contributed by atoms with Gasteiger partial charge in [0.05, 0.1) is 73.0 Å². The number of hydrogen-bond acceptors (Lipinski definition) is 12. The van der Waals surface area contributed by atoms with Gasteiger partial charge in [-0.05, 0) is 38.5 Å². The summed E-state index contributed by atoms with van der Waals surface area (Å²) >= 11 is 0. The molecule has 0 bridgehead atoms. The second kappa shape index (κ2) is 45.6. The maximum Gasteiger partial charge on any atom is 0.339 e. The Morgan fingerprint density at radius 3 is 0.431 bits per heavy atom. The van der Waals surface area contributed by atoms with Crippen molar-refractivity contribution in [1.29, 1.82) is 0 Å². The topological polar surface area (TPSA) is 158 Å². The van der Waals surface area contributed by atoms with Crippen LogP contribution in [0.5, 0.6) is 0 Å². The second-order valence-electron chi connectivity index (χ2n) is 19.7. The summed E-state index contributed by atoms with van der Waals surface area (Å²) in [6.07, 6.45) is 32.2. The Balaban J connectivity index is 4.29. The van der Waals surface area contributed by atoms with Crippen molar-refractivity contribution >= 4 is 35.8 Å². The first-order valence-electron chi connectivity index (χ1n) is 29.4. The van der Waals surface area contributed by atoms with Gasteiger partial charge < -0.3 is 28.4 Å². The number of unbranched alkanes of at least 4 members (excludes halogenated alkanes) is 30. The molecule has 0 amide bonds. The Bertz CT molecular complexity index is 1300. The predicted molar refractivity (Wildman–Crippen MR) is 288 cm³/mol. The standard InChI is InChI=1S/C60H102O12/c1-7-13-19-25-31-37-43-67-55(61)49-50(56(62)68-44-38-32-26-20-14-8-2)52(58(64)70-46-40-34-28-22-16-10-4)54(60(66)72-48-42-36-30-24-18-12-6)53(59(65)71-47-41-35-29-23-17-11-5)51(49)57(63)69-45-39-33-27-21-15-9-3/h7-48H2,1-6H3. The van der Waals surface area contributed by atoms with Crippen LogP contribution in [0.2, 0.25) is 0 Å². The summed E-state index contributed by atoms with van der Waals surface area (Å²) in [4.78, 5) is 89.1. The molecule has 0 aromatic heterocycles. The molecule has 0 aliphatic rings. The van der Waals surface area contributed by atoms with Crippen LogP contribution in [0, 0.1) is 0 Å². The molecule has 0 saturated carbocycles. The van der Waals surface area contributed by atoms with Crippen molar-refractivity contribution in [1.82, 2.24) is 0 Å². The molecule has 1 aromatic carbocycles. The molecule has 0 unspecified atom stereocenters. The van der Waals surface area contributed by atoms with Crippen molar-refractivity contribution < 1.29 is 57.2 Å². The molecular formula is C60H102O12. The Kier molecular flexibility index (Phi) is 41.9. The van der Waals surface area contributed by atoms with Gasteiger partial charge in [-0.2, -0.15) is 0 Å². The molecule has 414 valence electrons. The molecule has 1 rings (SSSR count). The minimum atomic E-state index is -1.14. The van der Waals surface area contributed by atoms with Crippen molar-refractivity contribution in [3.05, 3.63) is 33.4 Å². The number of rotatable bonds is 48. The maximum atomic E-state index is 14.8. The lowest BCUT2D eigenvalue weighted by atomic mass is 9.85. The predicted octanol–water partition coefficient (Wildman–Crippen LogP) is 16.8. The molecule has 0 atom stereocenters. The molecular weight excluding hydrogens is 913 g/mol. The molecule has 0 heterocycles. The zero-order valence-corrected chi connectivity index (χ0v) is 46.6. The smallest absolute Gasteiger partial charge is 0.339 e. The number of ether oxygens (including phenoxy) is 6. The van der Waals surface area contributed by atoms with Crippen LogP contribution in [-0.4, -0.2) is 75.5 Å². The molecule has 0 saturated heterocycles. The lowest BCUT2D eigenvalue weighted by Crippen LogP contribution is -2.32. The molecule has 0 spiro atoms. The van der Waals surface area contributed by atoms with Gasteiger partial charge in [-0.3, -0.25) is 0 Å². The van der Waals surface area contributed by atoms with Gasteiger partial charge in [0.2, 0.25) is 0 Å². The molecule has 1 aromatic rings. The summed E-state index contributed by atoms with van der Waals surface area (Å²) in [5.74, 6) is -6.81. The Morgan fingerprint density at radius 1 is 0.194 bits per heavy atom. The van der Waals surface area contributed by atoms with Crippen molar-refractivity contribution in [3.63, 3.8) is 0 Å². The third-order valence-electron chi connectivity index (χ3n) is 13.1. The van der Waals surface area contributed by atoms with Gasteiger partial charge in [-0.25, -0.2) is 28.8 Å². The highest BCUT2D eigenvalue weighted by Gasteiger charge is 2.43. The zero-order chi connectivity index (χ0) is 52.9. The molecule has 0 aliphatic carbocycles. The number of esters is 6. The molecule has 0 N–H and O–H groups in total. The van der Waals surface area contributed by atoms with E-state index in [-0.39, 0.29) is 39.6 Å². The van der Waals surface area contributed by atoms with Gasteiger partial charge >= 0.3 is 35.8 Å². The number of carbonyl (C=O) groups excluding carboxylic acids is 6. The molecule has 0 aliphatic heterocycles. The Labute approximate surface area is 437 Å². The van der Waals surface area contributed by atoms with E-state index in [1.165, 1.54) is 0 Å². The second-order valence-corrected chi connectivity index (χ2v) is 19.7. The van der Waals surface area contributed by atoms with E-state index in [0.717, 1.165) is 193 Å². The van der Waals surface area contributed by atoms with Crippen LogP contribution in [0.3, 0.4) is 0 Å². The van der Waals surface area contributed by atoms with E-state index in [1.807, 2.05) is 0 Å². The van der Waals surface area contributed by atoms with Gasteiger partial charge in [-0.15, -0.1) is 0 Å². The fourth-order valence-corrected chi connectivity index (χ4v) is 8.69. The van der Waals surface area contributed by atoms with Crippen LogP contribution >= 0.6 is 0 Å². The third-order valence-corrected chi connectivity index (χ3v) is 13.1. The van der Waals surface area contributed by atoms with Crippen LogP contribution < -0.4 is 0 Å². The van der Waals surface area contributed by atoms with E-state index in [0.29, 0.717) is 38.5 Å². The van der Waals surface area contributed by atoms with Gasteiger partial charge in [-0.1, -0.05) is 234 Å². The first-order chi connectivity index (χ1) is 35.2. The fourth-order valence-electron chi connectivity index (χ4n) is 8.69. The highest BCUT2D eigenvalue weighted by molar-refractivity contribution is 6.24. The zero-order valence-electron chi connectivity index (χ0n) is 46.6. The summed E-state index contributed by atoms with van der Waals surface area (Å²) in [7, 11) is 0. The molecule has 0 radical (unpaired) electrons. The average molecular weight is 1020 g/mol. The molecule has 12 nitrogen and oxygen atoms in total. The van der Waals surface area contributed by atoms with E-state index in [2.05, 4.69) is 41.5 Å². The maximum absolute atomic E-state index is 14.8. The molecule has 0 fully saturated rings. The summed E-state index contributed by atoms with van der Waals surface area (Å²) < 4.78 is 35.3. The normalized spacial score (nSPS) is 11.1. The third kappa shape index (κ3) is 29.1. The summed E-state index contributed by atoms with van der Waals surface area (Å²) in [6, 6.07) is 0. The highest BCUT2D eigenvalue weighted by atomic mass is 16.6. The minimum Gasteiger partial charge on any atom is -0.462 e. The van der Waals surface area contributed by atoms with E-state index in [4.69, 9.17) is 28.4 Å². The van der Waals surface area contributed by atoms with Gasteiger partial charge in [0.1, 0.15) is 0 Å². The Morgan fingerprint density at radius 2 is 0.306 bits per heavy atom. The number of carbonyl (C=O) groups is 6. The quantitative estimate of drug-likeness (QED) is 0.0346. The van der Waals surface area contributed by atoms with Gasteiger partial charge in [0.15, 0.2) is 0 Å². The van der Waals surface area contributed by atoms with E-state index < -0.39 is 69.2 Å². The van der Waals surface area contributed by atoms with Crippen molar-refractivity contribution in [2.45, 2.75) is 273 Å². The number of hydrogen-bond donors (Lipinski definition) is 0. The van der Waals surface area contributed by atoms with Crippen LogP contribution in [0.15, 0.2) is 0 Å². The van der Waals surface area contributed by atoms with Crippen LogP contribution in [-0.2, 0) is 28.4 Å². The van der Waals surface area contributed by atoms with Gasteiger partial charge in [0, 0.05) is 0 Å². The Hall–Kier alpha value is -3.96. The van der Waals surface area contributed by atoms with E-state index in [1.54, 1.807) is 0 Å². The summed E-state index contributed by atoms with van der Waals surface area (Å²) in [6.45, 7) is 12.4. The number of benzene rings is 1. The molecule has 72 heavy (non-hydrogen) atoms. The fraction of sp³-hybridized carbons (Fsp3) is 0.800. The van der Waals surface area contributed by atoms with Crippen LogP contribution in [0.1, 0.15) is 335 Å². The van der Waals surface area contributed by atoms with Gasteiger partial charge in [0.25, 0.3) is 0 Å². The first kappa shape index (κ1) is 66.1. The molecule has 12 heteroatoms. The average Bonchev–Trinajstić information content (AvgIpc) is 3.37. The highest BCUT2D eigenvalue weighted by Crippen LogP contribution is 2.34. The SMILES string of the molecule is CCCCCCCCOC(=O)c1c(C(=O)OCCCCCCCC)c(C(=O)OCCCCCCCC)c(C(=O)OCCCCCCCC)c(C(=O)OCCCCCCCC)c1C(=O)OCCCCCCCC. The summed E-state index contributed by atoms with van der Waals surface area (Å²) in [5.41, 5.74) is -4.13. The lowest BCUT2D eigenvalue weighted by molar-refractivity contribution is 0.0385. The van der Waals surface area contributed by atoms with E-state index >= 15 is 0 Å². The van der Waals surface area contributed by atoms with E-state index in [9.17, 15) is 28.8 Å². The van der Waals surface area contributed by atoms with Crippen molar-refractivity contribution in [2.24, 2.45) is 0 Å². The lowest BCUT2D eigenvalue weighted by Gasteiger charge is -2.23. The largest absolute Gasteiger partial charge is 0.462 e. The summed E-state index contributed by atoms with van der Waals surface area (Å²) in [5, 5.41) is 0. The monoisotopic (exact) mass is 1010 g/mol. The van der Waals surface area contributed by atoms with Crippen molar-refractivity contribution in [3.8, 4) is 0 Å². The van der Waals surface area contributed by atoms with Crippen LogP contribution in [0.4, 0.5) is 0 Å². The first-order valence-corrected chi connectivity index (χ1v) is 29.4. The minimum absolute atomic E-state index is 0.0683. The van der Waals surface area contributed by atoms with Crippen LogP contribution in [0.25, 0.3) is 0 Å².